The molecule has 2 heterocycles. The summed E-state index contributed by atoms with van der Waals surface area (Å²) in [6.07, 6.45) is 7.44. The predicted molar refractivity (Wildman–Crippen MR) is 131 cm³/mol. The van der Waals surface area contributed by atoms with E-state index in [0.29, 0.717) is 12.0 Å². The Bertz CT molecular complexity index is 842. The molecule has 0 aromatic heterocycles. The van der Waals surface area contributed by atoms with Gasteiger partial charge in [-0.05, 0) is 86.5 Å². The molecule has 4 rings (SSSR count). The van der Waals surface area contributed by atoms with Crippen molar-refractivity contribution in [3.8, 4) is 0 Å². The number of nitrogens with zero attached hydrogens (tertiary/aromatic N) is 2. The van der Waals surface area contributed by atoms with Crippen molar-refractivity contribution in [2.24, 2.45) is 5.41 Å². The molecular formula is C27H43N3O2. The first kappa shape index (κ1) is 23.3. The molecule has 2 fully saturated rings. The van der Waals surface area contributed by atoms with Gasteiger partial charge in [0.2, 0.25) is 11.8 Å². The number of piperidine rings is 1. The van der Waals surface area contributed by atoms with Crippen molar-refractivity contribution < 1.29 is 11.0 Å². The summed E-state index contributed by atoms with van der Waals surface area (Å²) in [6, 6.07) is 8.53. The van der Waals surface area contributed by atoms with Crippen molar-refractivity contribution in [3.63, 3.8) is 0 Å². The van der Waals surface area contributed by atoms with Crippen LogP contribution in [0.25, 0.3) is 0 Å². The third kappa shape index (κ3) is 4.88. The zero-order valence-corrected chi connectivity index (χ0v) is 20.5. The SMILES string of the molecule is CC(=O)N1CCC[C@H]1C(=O)N[C@@H]1CCC2(CCN(CCC(C)(C)C)CC2)c2ccccc21.[HH]. The first-order chi connectivity index (χ1) is 15.2. The van der Waals surface area contributed by atoms with Crippen LogP contribution < -0.4 is 5.32 Å². The van der Waals surface area contributed by atoms with Crippen LogP contribution in [0.15, 0.2) is 24.3 Å². The Kier molecular flexibility index (Phi) is 6.67. The Labute approximate surface area is 195 Å². The molecule has 1 aromatic rings. The normalized spacial score (nSPS) is 25.6. The molecule has 5 heteroatoms. The molecule has 0 unspecified atom stereocenters. The van der Waals surface area contributed by atoms with E-state index in [2.05, 4.69) is 55.3 Å². The highest BCUT2D eigenvalue weighted by Crippen LogP contribution is 2.48. The van der Waals surface area contributed by atoms with Crippen LogP contribution in [0.2, 0.25) is 0 Å². The molecule has 2 saturated heterocycles. The fraction of sp³-hybridized carbons (Fsp3) is 0.704. The van der Waals surface area contributed by atoms with Crippen molar-refractivity contribution >= 4 is 11.8 Å². The van der Waals surface area contributed by atoms with Crippen LogP contribution in [0, 0.1) is 5.41 Å². The number of amides is 2. The summed E-state index contributed by atoms with van der Waals surface area (Å²) in [5, 5.41) is 3.33. The number of fused-ring (bicyclic) bond motifs is 2. The van der Waals surface area contributed by atoms with Crippen molar-refractivity contribution in [3.05, 3.63) is 35.4 Å². The van der Waals surface area contributed by atoms with Crippen LogP contribution in [0.4, 0.5) is 0 Å². The van der Waals surface area contributed by atoms with Crippen LogP contribution in [-0.4, -0.2) is 53.8 Å². The molecule has 3 aliphatic rings. The number of rotatable bonds is 4. The number of carbonyl (C=O) groups is 2. The Morgan fingerprint density at radius 3 is 2.50 bits per heavy atom. The molecule has 1 spiro atoms. The van der Waals surface area contributed by atoms with E-state index in [1.54, 1.807) is 11.8 Å². The summed E-state index contributed by atoms with van der Waals surface area (Å²) in [6.45, 7) is 12.8. The molecule has 2 aliphatic heterocycles. The number of carbonyl (C=O) groups excluding carboxylic acids is 2. The van der Waals surface area contributed by atoms with E-state index in [1.807, 2.05) is 0 Å². The minimum absolute atomic E-state index is 0. The van der Waals surface area contributed by atoms with Gasteiger partial charge in [0.05, 0.1) is 6.04 Å². The molecule has 2 amide bonds. The molecule has 0 saturated carbocycles. The number of hydrogen-bond acceptors (Lipinski definition) is 3. The van der Waals surface area contributed by atoms with Gasteiger partial charge in [-0.15, -0.1) is 0 Å². The number of likely N-dealkylation sites (tertiary alicyclic amines) is 2. The van der Waals surface area contributed by atoms with Crippen molar-refractivity contribution in [2.45, 2.75) is 90.1 Å². The van der Waals surface area contributed by atoms with E-state index in [0.717, 1.165) is 38.8 Å². The monoisotopic (exact) mass is 441 g/mol. The predicted octanol–water partition coefficient (Wildman–Crippen LogP) is 4.66. The van der Waals surface area contributed by atoms with Crippen LogP contribution in [0.3, 0.4) is 0 Å². The van der Waals surface area contributed by atoms with E-state index in [4.69, 9.17) is 0 Å². The van der Waals surface area contributed by atoms with Gasteiger partial charge >= 0.3 is 0 Å². The summed E-state index contributed by atoms with van der Waals surface area (Å²) >= 11 is 0. The molecule has 1 N–H and O–H groups in total. The summed E-state index contributed by atoms with van der Waals surface area (Å²) in [7, 11) is 0. The van der Waals surface area contributed by atoms with Gasteiger partial charge in [-0.2, -0.15) is 0 Å². The minimum atomic E-state index is -0.304. The number of nitrogens with one attached hydrogen (secondary N) is 1. The molecule has 5 nitrogen and oxygen atoms in total. The minimum Gasteiger partial charge on any atom is -0.347 e. The third-order valence-corrected chi connectivity index (χ3v) is 8.09. The van der Waals surface area contributed by atoms with Gasteiger partial charge in [-0.1, -0.05) is 45.0 Å². The van der Waals surface area contributed by atoms with Crippen molar-refractivity contribution in [1.82, 2.24) is 15.1 Å². The second-order valence-corrected chi connectivity index (χ2v) is 11.5. The Morgan fingerprint density at radius 1 is 1.09 bits per heavy atom. The lowest BCUT2D eigenvalue weighted by Gasteiger charge is -2.47. The molecule has 32 heavy (non-hydrogen) atoms. The van der Waals surface area contributed by atoms with E-state index in [1.165, 1.54) is 36.9 Å². The lowest BCUT2D eigenvalue weighted by Crippen LogP contribution is -2.49. The van der Waals surface area contributed by atoms with Crippen LogP contribution >= 0.6 is 0 Å². The second-order valence-electron chi connectivity index (χ2n) is 11.5. The fourth-order valence-corrected chi connectivity index (χ4v) is 6.05. The lowest BCUT2D eigenvalue weighted by atomic mass is 9.63. The van der Waals surface area contributed by atoms with Gasteiger partial charge in [0.15, 0.2) is 0 Å². The smallest absolute Gasteiger partial charge is 0.243 e. The fourth-order valence-electron chi connectivity index (χ4n) is 6.05. The van der Waals surface area contributed by atoms with Gasteiger partial charge in [-0.25, -0.2) is 0 Å². The topological polar surface area (TPSA) is 52.7 Å². The second kappa shape index (κ2) is 9.17. The highest BCUT2D eigenvalue weighted by molar-refractivity contribution is 5.87. The van der Waals surface area contributed by atoms with Crippen LogP contribution in [-0.2, 0) is 15.0 Å². The third-order valence-electron chi connectivity index (χ3n) is 8.09. The zero-order valence-electron chi connectivity index (χ0n) is 20.5. The number of hydrogen-bond donors (Lipinski definition) is 1. The van der Waals surface area contributed by atoms with Gasteiger partial charge in [0, 0.05) is 14.9 Å². The van der Waals surface area contributed by atoms with Crippen molar-refractivity contribution in [2.75, 3.05) is 26.2 Å². The van der Waals surface area contributed by atoms with E-state index < -0.39 is 0 Å². The number of benzene rings is 1. The maximum absolute atomic E-state index is 13.1. The van der Waals surface area contributed by atoms with Crippen LogP contribution in [0.5, 0.6) is 0 Å². The highest BCUT2D eigenvalue weighted by atomic mass is 16.2. The lowest BCUT2D eigenvalue weighted by molar-refractivity contribution is -0.137. The van der Waals surface area contributed by atoms with Gasteiger partial charge < -0.3 is 15.1 Å². The standard InChI is InChI=1S/C27H41N3O2.H2/c1-20(31)30-16-7-10-24(30)25(32)28-23-11-12-27(22-9-6-5-8-21(22)23)14-18-29(19-15-27)17-13-26(2,3)4;/h5-6,8-9,23-24H,7,10-19H2,1-4H3,(H,28,32);1H/t23-,24+;/m1./s1. The molecule has 0 radical (unpaired) electrons. The largest absolute Gasteiger partial charge is 0.347 e. The molecule has 1 aromatic carbocycles. The Hall–Kier alpha value is -1.88. The van der Waals surface area contributed by atoms with Gasteiger partial charge in [-0.3, -0.25) is 9.59 Å². The first-order valence-corrected chi connectivity index (χ1v) is 12.6. The average molecular weight is 442 g/mol. The summed E-state index contributed by atoms with van der Waals surface area (Å²) in [4.78, 5) is 29.4. The quantitative estimate of drug-likeness (QED) is 0.739. The molecule has 178 valence electrons. The van der Waals surface area contributed by atoms with Gasteiger partial charge in [0.1, 0.15) is 6.04 Å². The van der Waals surface area contributed by atoms with E-state index in [-0.39, 0.29) is 30.7 Å². The first-order valence-electron chi connectivity index (χ1n) is 12.6. The summed E-state index contributed by atoms with van der Waals surface area (Å²) in [5.74, 6) is 0.0225. The van der Waals surface area contributed by atoms with E-state index >= 15 is 0 Å². The highest BCUT2D eigenvalue weighted by Gasteiger charge is 2.43. The summed E-state index contributed by atoms with van der Waals surface area (Å²) < 4.78 is 0. The van der Waals surface area contributed by atoms with Crippen LogP contribution in [0.1, 0.15) is 91.2 Å². The maximum Gasteiger partial charge on any atom is 0.243 e. The molecule has 0 bridgehead atoms. The molecule has 1 aliphatic carbocycles. The molecule has 2 atom stereocenters. The summed E-state index contributed by atoms with van der Waals surface area (Å²) in [5.41, 5.74) is 3.37. The Morgan fingerprint density at radius 2 is 1.81 bits per heavy atom. The maximum atomic E-state index is 13.1. The average Bonchev–Trinajstić information content (AvgIpc) is 3.26. The zero-order chi connectivity index (χ0) is 22.9. The van der Waals surface area contributed by atoms with E-state index in [9.17, 15) is 9.59 Å². The van der Waals surface area contributed by atoms with Gasteiger partial charge in [0.25, 0.3) is 0 Å². The molecular weight excluding hydrogens is 398 g/mol. The van der Waals surface area contributed by atoms with Crippen molar-refractivity contribution in [1.29, 1.82) is 0 Å². The Balaban J connectivity index is 0.00000306.